The summed E-state index contributed by atoms with van der Waals surface area (Å²) in [6, 6.07) is 5.34. The molecule has 2 aromatic heterocycles. The Balaban J connectivity index is 1.75. The minimum Gasteiger partial charge on any atom is -0.496 e. The third-order valence-corrected chi connectivity index (χ3v) is 5.25. The summed E-state index contributed by atoms with van der Waals surface area (Å²) in [6.45, 7) is 3.89. The predicted octanol–water partition coefficient (Wildman–Crippen LogP) is 1.27. The number of ether oxygens (including phenoxy) is 1. The van der Waals surface area contributed by atoms with E-state index in [0.717, 1.165) is 10.9 Å². The number of amides is 3. The Hall–Kier alpha value is -3.82. The summed E-state index contributed by atoms with van der Waals surface area (Å²) in [5, 5.41) is 6.22. The first kappa shape index (κ1) is 23.8. The van der Waals surface area contributed by atoms with E-state index in [4.69, 9.17) is 10.5 Å². The van der Waals surface area contributed by atoms with Crippen LogP contribution in [-0.4, -0.2) is 51.5 Å². The first-order valence-corrected chi connectivity index (χ1v) is 10.7. The van der Waals surface area contributed by atoms with Crippen LogP contribution in [0.1, 0.15) is 36.5 Å². The van der Waals surface area contributed by atoms with Crippen molar-refractivity contribution in [2.45, 2.75) is 38.8 Å². The van der Waals surface area contributed by atoms with Crippen molar-refractivity contribution in [2.75, 3.05) is 7.11 Å². The van der Waals surface area contributed by atoms with E-state index in [1.807, 2.05) is 33.0 Å². The number of benzene rings is 1. The predicted molar refractivity (Wildman–Crippen MR) is 124 cm³/mol. The average molecular weight is 455 g/mol. The second-order valence-electron chi connectivity index (χ2n) is 8.46. The van der Waals surface area contributed by atoms with E-state index >= 15 is 0 Å². The molecule has 5 N–H and O–H groups in total. The van der Waals surface area contributed by atoms with Gasteiger partial charge in [0.15, 0.2) is 0 Å². The molecule has 2 atom stereocenters. The van der Waals surface area contributed by atoms with E-state index < -0.39 is 29.8 Å². The fraction of sp³-hybridized carbons (Fsp3) is 0.391. The Labute approximate surface area is 191 Å². The van der Waals surface area contributed by atoms with Gasteiger partial charge in [-0.25, -0.2) is 4.98 Å². The minimum absolute atomic E-state index is 0.117. The van der Waals surface area contributed by atoms with Crippen molar-refractivity contribution in [3.05, 3.63) is 48.2 Å². The monoisotopic (exact) mass is 454 g/mol. The van der Waals surface area contributed by atoms with E-state index in [0.29, 0.717) is 23.6 Å². The van der Waals surface area contributed by atoms with Gasteiger partial charge in [0.25, 0.3) is 5.91 Å². The number of H-pyrrole nitrogens is 1. The van der Waals surface area contributed by atoms with Crippen molar-refractivity contribution in [1.82, 2.24) is 25.2 Å². The van der Waals surface area contributed by atoms with Gasteiger partial charge in [-0.1, -0.05) is 19.9 Å². The number of methoxy groups -OCH3 is 1. The maximum atomic E-state index is 13.0. The third-order valence-electron chi connectivity index (χ3n) is 5.25. The number of primary amides is 1. The van der Waals surface area contributed by atoms with Crippen LogP contribution in [0.15, 0.2) is 36.8 Å². The topological polar surface area (TPSA) is 144 Å². The Bertz CT molecular complexity index is 1150. The highest BCUT2D eigenvalue weighted by molar-refractivity contribution is 6.01. The molecule has 2 heterocycles. The number of carbonyl (C=O) groups excluding carboxylic acids is 3. The zero-order chi connectivity index (χ0) is 24.1. The van der Waals surface area contributed by atoms with E-state index in [2.05, 4.69) is 20.6 Å². The Morgan fingerprint density at radius 1 is 1.21 bits per heavy atom. The second kappa shape index (κ2) is 10.2. The fourth-order valence-electron chi connectivity index (χ4n) is 3.64. The molecule has 0 fully saturated rings. The number of aromatic amines is 1. The number of fused-ring (bicyclic) bond motifs is 1. The maximum Gasteiger partial charge on any atom is 0.268 e. The van der Waals surface area contributed by atoms with E-state index in [-0.39, 0.29) is 12.3 Å². The Morgan fingerprint density at radius 3 is 2.58 bits per heavy atom. The molecule has 3 amide bonds. The molecule has 0 radical (unpaired) electrons. The molecule has 33 heavy (non-hydrogen) atoms. The van der Waals surface area contributed by atoms with Gasteiger partial charge in [-0.15, -0.1) is 0 Å². The number of hydrogen-bond donors (Lipinski definition) is 4. The van der Waals surface area contributed by atoms with Gasteiger partial charge in [-0.05, 0) is 30.5 Å². The van der Waals surface area contributed by atoms with Crippen LogP contribution < -0.4 is 21.1 Å². The van der Waals surface area contributed by atoms with Crippen molar-refractivity contribution in [3.63, 3.8) is 0 Å². The number of nitrogens with zero attached hydrogens (tertiary/aromatic N) is 2. The van der Waals surface area contributed by atoms with Gasteiger partial charge in [-0.3, -0.25) is 14.4 Å². The third kappa shape index (κ3) is 5.91. The summed E-state index contributed by atoms with van der Waals surface area (Å²) in [4.78, 5) is 45.2. The Morgan fingerprint density at radius 2 is 1.97 bits per heavy atom. The first-order valence-electron chi connectivity index (χ1n) is 10.7. The molecule has 0 aliphatic carbocycles. The van der Waals surface area contributed by atoms with Crippen LogP contribution in [0.3, 0.4) is 0 Å². The van der Waals surface area contributed by atoms with Crippen molar-refractivity contribution < 1.29 is 19.1 Å². The first-order chi connectivity index (χ1) is 15.7. The summed E-state index contributed by atoms with van der Waals surface area (Å²) in [6.07, 6.45) is 3.90. The molecule has 0 bridgehead atoms. The molecule has 1 aromatic carbocycles. The molecule has 3 aromatic rings. The van der Waals surface area contributed by atoms with Crippen molar-refractivity contribution in [3.8, 4) is 5.75 Å². The zero-order valence-electron chi connectivity index (χ0n) is 19.2. The quantitative estimate of drug-likeness (QED) is 0.365. The highest BCUT2D eigenvalue weighted by atomic mass is 16.5. The van der Waals surface area contributed by atoms with E-state index in [9.17, 15) is 14.4 Å². The van der Waals surface area contributed by atoms with Crippen LogP contribution >= 0.6 is 0 Å². The lowest BCUT2D eigenvalue weighted by Crippen LogP contribution is -2.54. The molecule has 10 nitrogen and oxygen atoms in total. The van der Waals surface area contributed by atoms with Crippen molar-refractivity contribution >= 4 is 28.6 Å². The molecule has 176 valence electrons. The maximum absolute atomic E-state index is 13.0. The van der Waals surface area contributed by atoms with Crippen LogP contribution in [0.4, 0.5) is 0 Å². The SMILES string of the molecule is COc1cccc2[nH]c(C(=O)NC(CC(C)C)C(=O)NC(Cc3cn(C)cn3)C(N)=O)cc12. The van der Waals surface area contributed by atoms with Crippen LogP contribution in [0.25, 0.3) is 10.9 Å². The van der Waals surface area contributed by atoms with Gasteiger partial charge >= 0.3 is 0 Å². The summed E-state index contributed by atoms with van der Waals surface area (Å²) in [5.41, 5.74) is 7.18. The molecule has 0 spiro atoms. The van der Waals surface area contributed by atoms with Crippen LogP contribution in [0, 0.1) is 5.92 Å². The molecular formula is C23H30N6O4. The van der Waals surface area contributed by atoms with Gasteiger partial charge in [-0.2, -0.15) is 0 Å². The highest BCUT2D eigenvalue weighted by Crippen LogP contribution is 2.26. The molecule has 2 unspecified atom stereocenters. The number of imidazole rings is 1. The lowest BCUT2D eigenvalue weighted by molar-refractivity contribution is -0.128. The minimum atomic E-state index is -0.948. The molecule has 0 aliphatic heterocycles. The summed E-state index contributed by atoms with van der Waals surface area (Å²) in [7, 11) is 3.37. The van der Waals surface area contributed by atoms with Crippen molar-refractivity contribution in [1.29, 1.82) is 0 Å². The lowest BCUT2D eigenvalue weighted by atomic mass is 10.0. The standard InChI is InChI=1S/C23H30N6O4/c1-13(2)8-18(22(31)27-17(21(24)30)9-14-11-29(3)12-25-14)28-23(32)19-10-15-16(26-19)6-5-7-20(15)33-4/h5-7,10-13,17-18,26H,8-9H2,1-4H3,(H2,24,30)(H,27,31)(H,28,32). The van der Waals surface area contributed by atoms with Gasteiger partial charge < -0.3 is 30.7 Å². The number of nitrogens with two attached hydrogens (primary N) is 1. The van der Waals surface area contributed by atoms with Crippen LogP contribution in [-0.2, 0) is 23.1 Å². The van der Waals surface area contributed by atoms with Gasteiger partial charge in [0.05, 0.1) is 19.1 Å². The largest absolute Gasteiger partial charge is 0.496 e. The smallest absolute Gasteiger partial charge is 0.268 e. The number of rotatable bonds is 10. The lowest BCUT2D eigenvalue weighted by Gasteiger charge is -2.22. The molecule has 3 rings (SSSR count). The van der Waals surface area contributed by atoms with Gasteiger partial charge in [0.2, 0.25) is 11.8 Å². The van der Waals surface area contributed by atoms with E-state index in [1.165, 1.54) is 0 Å². The molecule has 10 heteroatoms. The number of aromatic nitrogens is 3. The molecule has 0 saturated carbocycles. The second-order valence-corrected chi connectivity index (χ2v) is 8.46. The van der Waals surface area contributed by atoms with Crippen LogP contribution in [0.2, 0.25) is 0 Å². The van der Waals surface area contributed by atoms with Crippen molar-refractivity contribution in [2.24, 2.45) is 18.7 Å². The summed E-state index contributed by atoms with van der Waals surface area (Å²) >= 11 is 0. The summed E-state index contributed by atoms with van der Waals surface area (Å²) in [5.74, 6) is -0.837. The van der Waals surface area contributed by atoms with Gasteiger partial charge in [0, 0.05) is 30.6 Å². The molecule has 0 saturated heterocycles. The summed E-state index contributed by atoms with van der Waals surface area (Å²) < 4.78 is 7.09. The number of carbonyl (C=O) groups is 3. The highest BCUT2D eigenvalue weighted by Gasteiger charge is 2.28. The average Bonchev–Trinajstić information content (AvgIpc) is 3.38. The molecule has 0 aliphatic rings. The van der Waals surface area contributed by atoms with Crippen LogP contribution in [0.5, 0.6) is 5.75 Å². The zero-order valence-corrected chi connectivity index (χ0v) is 19.2. The number of hydrogen-bond acceptors (Lipinski definition) is 5. The number of nitrogens with one attached hydrogen (secondary N) is 3. The molecular weight excluding hydrogens is 424 g/mol. The Kier molecular flexibility index (Phi) is 7.37. The number of aryl methyl sites for hydroxylation is 1. The fourth-order valence-corrected chi connectivity index (χ4v) is 3.64. The van der Waals surface area contributed by atoms with E-state index in [1.54, 1.807) is 36.3 Å². The van der Waals surface area contributed by atoms with Gasteiger partial charge in [0.1, 0.15) is 23.5 Å². The normalized spacial score (nSPS) is 13.0.